The summed E-state index contributed by atoms with van der Waals surface area (Å²) in [5, 5.41) is 4.45. The summed E-state index contributed by atoms with van der Waals surface area (Å²) < 4.78 is 24.0. The number of furan rings is 1. The summed E-state index contributed by atoms with van der Waals surface area (Å²) in [6.07, 6.45) is 6.42. The Bertz CT molecular complexity index is 1810. The number of carbonyl (C=O) groups is 1. The van der Waals surface area contributed by atoms with Crippen molar-refractivity contribution in [1.82, 2.24) is 19.4 Å². The molecule has 2 aromatic heterocycles. The van der Waals surface area contributed by atoms with Crippen molar-refractivity contribution in [2.45, 2.75) is 37.8 Å². The molecule has 0 bridgehead atoms. The van der Waals surface area contributed by atoms with E-state index < -0.39 is 0 Å². The minimum absolute atomic E-state index is 0.118. The topological polar surface area (TPSA) is 94.2 Å². The van der Waals surface area contributed by atoms with Crippen LogP contribution < -0.4 is 19.5 Å². The fourth-order valence-electron chi connectivity index (χ4n) is 6.67. The number of fused-ring (bicyclic) bond motifs is 1. The summed E-state index contributed by atoms with van der Waals surface area (Å²) in [6, 6.07) is 21.9. The van der Waals surface area contributed by atoms with Crippen LogP contribution in [0, 0.1) is 0 Å². The molecule has 10 nitrogen and oxygen atoms in total. The smallest absolute Gasteiger partial charge is 0.253 e. The number of nitrogens with one attached hydrogen (secondary N) is 1. The average molecular weight is 686 g/mol. The Morgan fingerprint density at radius 3 is 2.39 bits per heavy atom. The zero-order valence-electron chi connectivity index (χ0n) is 28.5. The van der Waals surface area contributed by atoms with Gasteiger partial charge in [0.15, 0.2) is 11.5 Å². The Balaban J connectivity index is 1.09. The number of likely N-dealkylation sites (N-methyl/N-ethyl adjacent to an activating group) is 1. The van der Waals surface area contributed by atoms with E-state index >= 15 is 0 Å². The zero-order valence-corrected chi connectivity index (χ0v) is 29.3. The van der Waals surface area contributed by atoms with Crippen molar-refractivity contribution in [3.8, 4) is 17.2 Å². The molecule has 0 radical (unpaired) electrons. The van der Waals surface area contributed by atoms with E-state index in [9.17, 15) is 4.79 Å². The van der Waals surface area contributed by atoms with Crippen molar-refractivity contribution in [3.05, 3.63) is 101 Å². The molecule has 5 aromatic rings. The predicted octanol–water partition coefficient (Wildman–Crippen LogP) is 7.18. The molecular formula is C38H44ClN5O5. The van der Waals surface area contributed by atoms with Gasteiger partial charge in [-0.25, -0.2) is 4.98 Å². The van der Waals surface area contributed by atoms with E-state index in [-0.39, 0.29) is 11.8 Å². The van der Waals surface area contributed by atoms with Gasteiger partial charge < -0.3 is 38.3 Å². The number of likely N-dealkylation sites (tertiary alicyclic amines) is 1. The zero-order chi connectivity index (χ0) is 34.3. The van der Waals surface area contributed by atoms with E-state index in [0.717, 1.165) is 67.0 Å². The molecule has 1 atom stereocenters. The van der Waals surface area contributed by atoms with Gasteiger partial charge in [-0.1, -0.05) is 35.9 Å². The molecule has 1 aliphatic heterocycles. The molecule has 49 heavy (non-hydrogen) atoms. The van der Waals surface area contributed by atoms with Crippen molar-refractivity contribution in [3.63, 3.8) is 0 Å². The number of carbonyl (C=O) groups excluding carboxylic acids is 1. The highest BCUT2D eigenvalue weighted by molar-refractivity contribution is 6.30. The van der Waals surface area contributed by atoms with E-state index in [0.29, 0.717) is 47.0 Å². The number of hydrogen-bond donors (Lipinski definition) is 1. The largest absolute Gasteiger partial charge is 0.493 e. The van der Waals surface area contributed by atoms with Crippen LogP contribution in [0.5, 0.6) is 17.2 Å². The maximum Gasteiger partial charge on any atom is 0.253 e. The van der Waals surface area contributed by atoms with Crippen LogP contribution >= 0.6 is 11.6 Å². The standard InChI is InChI=1S/C38H44ClN5O5/c1-42(37(45)29-21-34(46-2)36(48-4)35(22-29)47-3)24-28(27-9-11-30(39)12-10-27)13-17-43-18-14-31(15-19-43)40-38-41-32-7-5-6-8-33(32)44(38)23-26-16-20-49-25-26/h5-12,16,20-22,25,28,31H,13-15,17-19,23-24H2,1-4H3,(H,40,41). The van der Waals surface area contributed by atoms with Gasteiger partial charge in [0, 0.05) is 54.8 Å². The minimum atomic E-state index is -0.121. The Hall–Kier alpha value is -4.67. The number of hydrogen-bond acceptors (Lipinski definition) is 8. The molecule has 258 valence electrons. The normalized spacial score (nSPS) is 14.5. The second kappa shape index (κ2) is 15.7. The third kappa shape index (κ3) is 7.98. The molecule has 1 amide bonds. The molecule has 11 heteroatoms. The van der Waals surface area contributed by atoms with Crippen LogP contribution in [0.15, 0.2) is 83.7 Å². The van der Waals surface area contributed by atoms with Gasteiger partial charge in [-0.2, -0.15) is 0 Å². The number of piperidine rings is 1. The van der Waals surface area contributed by atoms with Gasteiger partial charge in [-0.15, -0.1) is 0 Å². The fourth-order valence-corrected chi connectivity index (χ4v) is 6.80. The van der Waals surface area contributed by atoms with E-state index in [2.05, 4.69) is 45.1 Å². The highest BCUT2D eigenvalue weighted by Crippen LogP contribution is 2.38. The van der Waals surface area contributed by atoms with Gasteiger partial charge in [0.25, 0.3) is 5.91 Å². The highest BCUT2D eigenvalue weighted by atomic mass is 35.5. The number of methoxy groups -OCH3 is 3. The molecular weight excluding hydrogens is 642 g/mol. The lowest BCUT2D eigenvalue weighted by Gasteiger charge is -2.34. The number of benzene rings is 3. The second-order valence-electron chi connectivity index (χ2n) is 12.5. The third-order valence-corrected chi connectivity index (χ3v) is 9.64. The van der Waals surface area contributed by atoms with Gasteiger partial charge in [0.05, 0.1) is 51.4 Å². The summed E-state index contributed by atoms with van der Waals surface area (Å²) in [4.78, 5) is 22.9. The first-order valence-corrected chi connectivity index (χ1v) is 17.0. The molecule has 1 fully saturated rings. The molecule has 1 saturated heterocycles. The fraction of sp³-hybridized carbons (Fsp3) is 0.368. The lowest BCUT2D eigenvalue weighted by molar-refractivity contribution is 0.0781. The summed E-state index contributed by atoms with van der Waals surface area (Å²) >= 11 is 6.25. The van der Waals surface area contributed by atoms with E-state index in [4.69, 9.17) is 35.2 Å². The first-order valence-electron chi connectivity index (χ1n) is 16.6. The average Bonchev–Trinajstić information content (AvgIpc) is 3.78. The first-order chi connectivity index (χ1) is 23.9. The number of imidazole rings is 1. The van der Waals surface area contributed by atoms with Crippen molar-refractivity contribution in [2.24, 2.45) is 0 Å². The van der Waals surface area contributed by atoms with Crippen molar-refractivity contribution in [1.29, 1.82) is 0 Å². The number of aromatic nitrogens is 2. The minimum Gasteiger partial charge on any atom is -0.493 e. The van der Waals surface area contributed by atoms with Gasteiger partial charge in [0.1, 0.15) is 0 Å². The monoisotopic (exact) mass is 685 g/mol. The SMILES string of the molecule is COc1cc(C(=O)N(C)CC(CCN2CCC(Nc3nc4ccccc4n3Cc3ccoc3)CC2)c2ccc(Cl)cc2)cc(OC)c1OC. The molecule has 0 saturated carbocycles. The van der Waals surface area contributed by atoms with Crippen LogP contribution in [-0.4, -0.2) is 85.9 Å². The lowest BCUT2D eigenvalue weighted by Crippen LogP contribution is -2.40. The molecule has 0 aliphatic carbocycles. The molecule has 1 N–H and O–H groups in total. The van der Waals surface area contributed by atoms with Crippen LogP contribution in [0.2, 0.25) is 5.02 Å². The lowest BCUT2D eigenvalue weighted by atomic mass is 9.94. The van der Waals surface area contributed by atoms with Crippen molar-refractivity contribution >= 4 is 34.5 Å². The van der Waals surface area contributed by atoms with Gasteiger partial charge in [0.2, 0.25) is 11.7 Å². The summed E-state index contributed by atoms with van der Waals surface area (Å²) in [5.41, 5.74) is 4.81. The van der Waals surface area contributed by atoms with Gasteiger partial charge >= 0.3 is 0 Å². The van der Waals surface area contributed by atoms with Crippen molar-refractivity contribution in [2.75, 3.05) is 59.9 Å². The summed E-state index contributed by atoms with van der Waals surface area (Å²) in [6.45, 7) is 4.12. The van der Waals surface area contributed by atoms with Crippen LogP contribution in [0.25, 0.3) is 11.0 Å². The Morgan fingerprint density at radius 2 is 1.73 bits per heavy atom. The van der Waals surface area contributed by atoms with Crippen LogP contribution in [0.1, 0.15) is 46.7 Å². The Morgan fingerprint density at radius 1 is 1.02 bits per heavy atom. The number of rotatable bonds is 14. The number of nitrogens with zero attached hydrogens (tertiary/aromatic N) is 4. The maximum absolute atomic E-state index is 13.7. The molecule has 0 spiro atoms. The third-order valence-electron chi connectivity index (χ3n) is 9.38. The van der Waals surface area contributed by atoms with Crippen molar-refractivity contribution < 1.29 is 23.4 Å². The molecule has 1 unspecified atom stereocenters. The first kappa shape index (κ1) is 34.2. The molecule has 6 rings (SSSR count). The van der Waals surface area contributed by atoms with Crippen LogP contribution in [0.4, 0.5) is 5.95 Å². The van der Waals surface area contributed by atoms with E-state index in [1.165, 1.54) is 0 Å². The van der Waals surface area contributed by atoms with Crippen LogP contribution in [-0.2, 0) is 6.54 Å². The Kier molecular flexibility index (Phi) is 11.0. The van der Waals surface area contributed by atoms with E-state index in [1.807, 2.05) is 31.3 Å². The molecule has 1 aliphatic rings. The number of para-hydroxylation sites is 2. The summed E-state index contributed by atoms with van der Waals surface area (Å²) in [7, 11) is 6.48. The Labute approximate surface area is 292 Å². The van der Waals surface area contributed by atoms with Gasteiger partial charge in [-0.3, -0.25) is 4.79 Å². The summed E-state index contributed by atoms with van der Waals surface area (Å²) in [5.74, 6) is 2.23. The molecule has 3 heterocycles. The number of ether oxygens (including phenoxy) is 3. The van der Waals surface area contributed by atoms with Gasteiger partial charge in [-0.05, 0) is 73.8 Å². The maximum atomic E-state index is 13.7. The number of halogens is 1. The molecule has 3 aromatic carbocycles. The highest BCUT2D eigenvalue weighted by Gasteiger charge is 2.25. The quantitative estimate of drug-likeness (QED) is 0.131. The van der Waals surface area contributed by atoms with Crippen LogP contribution in [0.3, 0.4) is 0 Å². The van der Waals surface area contributed by atoms with E-state index in [1.54, 1.807) is 50.9 Å². The number of anilines is 1. The predicted molar refractivity (Wildman–Crippen MR) is 192 cm³/mol. The number of amides is 1. The second-order valence-corrected chi connectivity index (χ2v) is 13.0.